The Labute approximate surface area is 109 Å². The van der Waals surface area contributed by atoms with Crippen LogP contribution in [0.3, 0.4) is 0 Å². The zero-order chi connectivity index (χ0) is 13.0. The Hall–Kier alpha value is -1.61. The van der Waals surface area contributed by atoms with Gasteiger partial charge >= 0.3 is 0 Å². The lowest BCUT2D eigenvalue weighted by Gasteiger charge is -2.01. The molecule has 0 unspecified atom stereocenters. The molecule has 0 spiro atoms. The summed E-state index contributed by atoms with van der Waals surface area (Å²) in [5, 5.41) is 0. The summed E-state index contributed by atoms with van der Waals surface area (Å²) in [6.45, 7) is 5.69. The number of aryl methyl sites for hydroxylation is 2. The highest BCUT2D eigenvalue weighted by atomic mass is 15.1. The van der Waals surface area contributed by atoms with Crippen LogP contribution in [0.4, 0.5) is 0 Å². The Morgan fingerprint density at radius 1 is 1.22 bits per heavy atom. The molecule has 1 heterocycles. The van der Waals surface area contributed by atoms with Crippen molar-refractivity contribution in [2.75, 3.05) is 6.54 Å². The molecule has 0 aliphatic heterocycles. The first kappa shape index (κ1) is 12.8. The van der Waals surface area contributed by atoms with Crippen molar-refractivity contribution in [3.8, 4) is 11.3 Å². The lowest BCUT2D eigenvalue weighted by Crippen LogP contribution is -2.10. The van der Waals surface area contributed by atoms with Crippen molar-refractivity contribution in [3.05, 3.63) is 41.9 Å². The van der Waals surface area contributed by atoms with Crippen molar-refractivity contribution in [1.29, 1.82) is 0 Å². The van der Waals surface area contributed by atoms with Crippen molar-refractivity contribution in [2.24, 2.45) is 5.73 Å². The standard InChI is InChI=1S/C15H21N3/c1-3-4-13-5-7-14(8-6-13)15-11-18(10-9-16)12(2)17-15/h5-8,11H,3-4,9-10,16H2,1-2H3. The van der Waals surface area contributed by atoms with E-state index in [1.165, 1.54) is 17.5 Å². The minimum atomic E-state index is 0.645. The maximum absolute atomic E-state index is 5.58. The molecule has 0 amide bonds. The van der Waals surface area contributed by atoms with E-state index in [1.807, 2.05) is 6.92 Å². The Kier molecular flexibility index (Phi) is 4.15. The van der Waals surface area contributed by atoms with Crippen LogP contribution in [-0.2, 0) is 13.0 Å². The van der Waals surface area contributed by atoms with Gasteiger partial charge in [-0.05, 0) is 18.9 Å². The molecule has 0 aliphatic carbocycles. The Bertz CT molecular complexity index is 497. The monoisotopic (exact) mass is 243 g/mol. The van der Waals surface area contributed by atoms with Gasteiger partial charge in [-0.1, -0.05) is 37.6 Å². The molecule has 0 atom stereocenters. The van der Waals surface area contributed by atoms with Crippen molar-refractivity contribution < 1.29 is 0 Å². The number of nitrogens with two attached hydrogens (primary N) is 1. The molecule has 3 nitrogen and oxygen atoms in total. The van der Waals surface area contributed by atoms with Gasteiger partial charge in [0.2, 0.25) is 0 Å². The van der Waals surface area contributed by atoms with E-state index in [0.29, 0.717) is 6.54 Å². The minimum absolute atomic E-state index is 0.645. The largest absolute Gasteiger partial charge is 0.333 e. The van der Waals surface area contributed by atoms with E-state index in [-0.39, 0.29) is 0 Å². The summed E-state index contributed by atoms with van der Waals surface area (Å²) in [7, 11) is 0. The van der Waals surface area contributed by atoms with Gasteiger partial charge in [0.15, 0.2) is 0 Å². The van der Waals surface area contributed by atoms with Crippen LogP contribution in [0.15, 0.2) is 30.5 Å². The van der Waals surface area contributed by atoms with Gasteiger partial charge < -0.3 is 10.3 Å². The van der Waals surface area contributed by atoms with Gasteiger partial charge in [0.05, 0.1) is 5.69 Å². The zero-order valence-corrected chi connectivity index (χ0v) is 11.2. The topological polar surface area (TPSA) is 43.8 Å². The molecule has 2 rings (SSSR count). The van der Waals surface area contributed by atoms with Crippen molar-refractivity contribution >= 4 is 0 Å². The van der Waals surface area contributed by atoms with E-state index >= 15 is 0 Å². The van der Waals surface area contributed by atoms with Crippen molar-refractivity contribution in [1.82, 2.24) is 9.55 Å². The maximum Gasteiger partial charge on any atom is 0.106 e. The molecule has 0 saturated heterocycles. The molecule has 3 heteroatoms. The first-order valence-electron chi connectivity index (χ1n) is 6.57. The van der Waals surface area contributed by atoms with E-state index in [9.17, 15) is 0 Å². The zero-order valence-electron chi connectivity index (χ0n) is 11.2. The van der Waals surface area contributed by atoms with Crippen LogP contribution in [0.5, 0.6) is 0 Å². The summed E-state index contributed by atoms with van der Waals surface area (Å²) < 4.78 is 2.11. The van der Waals surface area contributed by atoms with Gasteiger partial charge in [-0.3, -0.25) is 0 Å². The Morgan fingerprint density at radius 2 is 1.94 bits per heavy atom. The van der Waals surface area contributed by atoms with Crippen LogP contribution in [0.2, 0.25) is 0 Å². The molecular weight excluding hydrogens is 222 g/mol. The van der Waals surface area contributed by atoms with E-state index in [4.69, 9.17) is 5.73 Å². The number of nitrogens with zero attached hydrogens (tertiary/aromatic N) is 2. The summed E-state index contributed by atoms with van der Waals surface area (Å²) >= 11 is 0. The fourth-order valence-corrected chi connectivity index (χ4v) is 2.14. The lowest BCUT2D eigenvalue weighted by molar-refractivity contribution is 0.684. The number of hydrogen-bond acceptors (Lipinski definition) is 2. The molecule has 0 saturated carbocycles. The molecule has 2 N–H and O–H groups in total. The van der Waals surface area contributed by atoms with Crippen LogP contribution < -0.4 is 5.73 Å². The Morgan fingerprint density at radius 3 is 2.56 bits per heavy atom. The number of rotatable bonds is 5. The lowest BCUT2D eigenvalue weighted by atomic mass is 10.1. The van der Waals surface area contributed by atoms with Crippen LogP contribution in [0, 0.1) is 6.92 Å². The summed E-state index contributed by atoms with van der Waals surface area (Å²) in [6, 6.07) is 8.69. The first-order valence-corrected chi connectivity index (χ1v) is 6.57. The summed E-state index contributed by atoms with van der Waals surface area (Å²) in [5.74, 6) is 1.02. The van der Waals surface area contributed by atoms with Gasteiger partial charge in [0.1, 0.15) is 5.82 Å². The molecule has 0 bridgehead atoms. The first-order chi connectivity index (χ1) is 8.74. The van der Waals surface area contributed by atoms with Gasteiger partial charge in [-0.25, -0.2) is 4.98 Å². The van der Waals surface area contributed by atoms with Crippen LogP contribution >= 0.6 is 0 Å². The van der Waals surface area contributed by atoms with Gasteiger partial charge in [0, 0.05) is 24.8 Å². The van der Waals surface area contributed by atoms with E-state index in [2.05, 4.69) is 46.9 Å². The molecule has 96 valence electrons. The van der Waals surface area contributed by atoms with Crippen LogP contribution in [0.1, 0.15) is 24.7 Å². The van der Waals surface area contributed by atoms with Crippen LogP contribution in [0.25, 0.3) is 11.3 Å². The van der Waals surface area contributed by atoms with Crippen LogP contribution in [-0.4, -0.2) is 16.1 Å². The second-order valence-electron chi connectivity index (χ2n) is 4.60. The minimum Gasteiger partial charge on any atom is -0.333 e. The number of benzene rings is 1. The molecule has 2 aromatic rings. The third kappa shape index (κ3) is 2.79. The predicted molar refractivity (Wildman–Crippen MR) is 75.4 cm³/mol. The molecule has 1 aromatic carbocycles. The van der Waals surface area contributed by atoms with Crippen molar-refractivity contribution in [3.63, 3.8) is 0 Å². The summed E-state index contributed by atoms with van der Waals surface area (Å²) in [6.07, 6.45) is 4.40. The van der Waals surface area contributed by atoms with E-state index < -0.39 is 0 Å². The molecule has 0 aliphatic rings. The average molecular weight is 243 g/mol. The molecule has 18 heavy (non-hydrogen) atoms. The third-order valence-electron chi connectivity index (χ3n) is 3.13. The quantitative estimate of drug-likeness (QED) is 0.877. The predicted octanol–water partition coefficient (Wildman–Crippen LogP) is 2.77. The fourth-order valence-electron chi connectivity index (χ4n) is 2.14. The van der Waals surface area contributed by atoms with Gasteiger partial charge in [-0.2, -0.15) is 0 Å². The van der Waals surface area contributed by atoms with E-state index in [0.717, 1.165) is 24.5 Å². The normalized spacial score (nSPS) is 10.8. The van der Waals surface area contributed by atoms with E-state index in [1.54, 1.807) is 0 Å². The smallest absolute Gasteiger partial charge is 0.106 e. The molecule has 1 aromatic heterocycles. The van der Waals surface area contributed by atoms with Crippen molar-refractivity contribution in [2.45, 2.75) is 33.2 Å². The molecule has 0 radical (unpaired) electrons. The second-order valence-corrected chi connectivity index (χ2v) is 4.60. The number of hydrogen-bond donors (Lipinski definition) is 1. The second kappa shape index (κ2) is 5.83. The highest BCUT2D eigenvalue weighted by Crippen LogP contribution is 2.19. The summed E-state index contributed by atoms with van der Waals surface area (Å²) in [5.41, 5.74) is 9.18. The summed E-state index contributed by atoms with van der Waals surface area (Å²) in [4.78, 5) is 4.58. The SMILES string of the molecule is CCCc1ccc(-c2cn(CCN)c(C)n2)cc1. The van der Waals surface area contributed by atoms with Gasteiger partial charge in [0.25, 0.3) is 0 Å². The van der Waals surface area contributed by atoms with Gasteiger partial charge in [-0.15, -0.1) is 0 Å². The number of aromatic nitrogens is 2. The number of imidazole rings is 1. The highest BCUT2D eigenvalue weighted by Gasteiger charge is 2.05. The Balaban J connectivity index is 2.22. The maximum atomic E-state index is 5.58. The molecular formula is C15H21N3. The highest BCUT2D eigenvalue weighted by molar-refractivity contribution is 5.59. The third-order valence-corrected chi connectivity index (χ3v) is 3.13. The fraction of sp³-hybridized carbons (Fsp3) is 0.400. The average Bonchev–Trinajstić information content (AvgIpc) is 2.73. The molecule has 0 fully saturated rings.